The van der Waals surface area contributed by atoms with Crippen LogP contribution in [0.3, 0.4) is 0 Å². The summed E-state index contributed by atoms with van der Waals surface area (Å²) in [4.78, 5) is 28.7. The number of anilines is 1. The topological polar surface area (TPSA) is 86.8 Å². The molecule has 42 heavy (non-hydrogen) atoms. The standard InChI is InChI=1S/C30H31Cl4N3O4S/c1-19-7-11-24(12-8-19)42(40,41)37(28-16-22(31)10-14-26(28)33)18-29(38)36(17-21-9-13-25(32)27(34)15-21)20(2)30(39)35-23-5-3-4-6-23/h7-16,20,23H,3-6,17-18H2,1-2H3,(H,35,39)/t20-/m1/s1. The molecule has 0 saturated heterocycles. The van der Waals surface area contributed by atoms with Crippen molar-refractivity contribution in [3.05, 3.63) is 91.9 Å². The highest BCUT2D eigenvalue weighted by Crippen LogP contribution is 2.33. The lowest BCUT2D eigenvalue weighted by atomic mass is 10.1. The Labute approximate surface area is 266 Å². The van der Waals surface area contributed by atoms with Gasteiger partial charge in [0.05, 0.1) is 25.7 Å². The Morgan fingerprint density at radius 2 is 1.55 bits per heavy atom. The molecule has 0 aromatic heterocycles. The molecule has 0 radical (unpaired) electrons. The van der Waals surface area contributed by atoms with E-state index < -0.39 is 28.5 Å². The van der Waals surface area contributed by atoms with Crippen molar-refractivity contribution in [1.82, 2.24) is 10.2 Å². The van der Waals surface area contributed by atoms with Gasteiger partial charge in [0.15, 0.2) is 0 Å². The maximum Gasteiger partial charge on any atom is 0.264 e. The molecule has 2 amide bonds. The summed E-state index contributed by atoms with van der Waals surface area (Å²) in [6, 6.07) is 14.7. The number of hydrogen-bond acceptors (Lipinski definition) is 4. The Kier molecular flexibility index (Phi) is 10.7. The van der Waals surface area contributed by atoms with Crippen LogP contribution in [0.25, 0.3) is 0 Å². The van der Waals surface area contributed by atoms with E-state index in [1.54, 1.807) is 37.3 Å². The van der Waals surface area contributed by atoms with Gasteiger partial charge < -0.3 is 10.2 Å². The smallest absolute Gasteiger partial charge is 0.264 e. The number of rotatable bonds is 10. The van der Waals surface area contributed by atoms with Crippen LogP contribution >= 0.6 is 46.4 Å². The number of nitrogens with one attached hydrogen (secondary N) is 1. The number of halogens is 4. The monoisotopic (exact) mass is 669 g/mol. The van der Waals surface area contributed by atoms with Gasteiger partial charge in [0.2, 0.25) is 11.8 Å². The Balaban J connectivity index is 1.73. The van der Waals surface area contributed by atoms with E-state index in [1.165, 1.54) is 35.2 Å². The molecule has 12 heteroatoms. The van der Waals surface area contributed by atoms with E-state index in [0.717, 1.165) is 35.6 Å². The SMILES string of the molecule is Cc1ccc(S(=O)(=O)N(CC(=O)N(Cc2ccc(Cl)c(Cl)c2)[C@H](C)C(=O)NC2CCCC2)c2cc(Cl)ccc2Cl)cc1. The lowest BCUT2D eigenvalue weighted by molar-refractivity contribution is -0.139. The highest BCUT2D eigenvalue weighted by atomic mass is 35.5. The van der Waals surface area contributed by atoms with Gasteiger partial charge in [-0.3, -0.25) is 13.9 Å². The van der Waals surface area contributed by atoms with Gasteiger partial charge in [-0.25, -0.2) is 8.42 Å². The first-order valence-corrected chi connectivity index (χ1v) is 16.4. The van der Waals surface area contributed by atoms with Crippen molar-refractivity contribution in [2.45, 2.75) is 63.1 Å². The summed E-state index contributed by atoms with van der Waals surface area (Å²) in [6.45, 7) is 2.80. The van der Waals surface area contributed by atoms with Gasteiger partial charge in [-0.05, 0) is 74.7 Å². The van der Waals surface area contributed by atoms with Gasteiger partial charge in [-0.1, -0.05) is 83.0 Å². The van der Waals surface area contributed by atoms with Gasteiger partial charge in [0, 0.05) is 17.6 Å². The van der Waals surface area contributed by atoms with Gasteiger partial charge in [-0.2, -0.15) is 0 Å². The average molecular weight is 671 g/mol. The molecule has 1 aliphatic rings. The molecule has 224 valence electrons. The number of amides is 2. The highest BCUT2D eigenvalue weighted by molar-refractivity contribution is 7.92. The molecule has 4 rings (SSSR count). The molecule has 3 aromatic rings. The second-order valence-corrected chi connectivity index (χ2v) is 13.9. The maximum atomic E-state index is 14.1. The van der Waals surface area contributed by atoms with Crippen LogP contribution in [0, 0.1) is 6.92 Å². The predicted octanol–water partition coefficient (Wildman–Crippen LogP) is 7.28. The van der Waals surface area contributed by atoms with Crippen LogP contribution in [0.2, 0.25) is 20.1 Å². The highest BCUT2D eigenvalue weighted by Gasteiger charge is 2.34. The predicted molar refractivity (Wildman–Crippen MR) is 169 cm³/mol. The van der Waals surface area contributed by atoms with E-state index in [-0.39, 0.29) is 39.1 Å². The number of benzene rings is 3. The quantitative estimate of drug-likeness (QED) is 0.246. The lowest BCUT2D eigenvalue weighted by Crippen LogP contribution is -2.52. The van der Waals surface area contributed by atoms with Gasteiger partial charge >= 0.3 is 0 Å². The lowest BCUT2D eigenvalue weighted by Gasteiger charge is -2.32. The van der Waals surface area contributed by atoms with E-state index in [2.05, 4.69) is 5.32 Å². The molecule has 0 aliphatic heterocycles. The van der Waals surface area contributed by atoms with Crippen molar-refractivity contribution in [2.24, 2.45) is 0 Å². The number of hydrogen-bond donors (Lipinski definition) is 1. The van der Waals surface area contributed by atoms with Crippen LogP contribution in [-0.4, -0.2) is 43.8 Å². The summed E-state index contributed by atoms with van der Waals surface area (Å²) >= 11 is 25.0. The first kappa shape index (κ1) is 32.4. The minimum absolute atomic E-state index is 0.0172. The zero-order valence-electron chi connectivity index (χ0n) is 23.1. The Morgan fingerprint density at radius 1 is 0.905 bits per heavy atom. The normalized spacial score (nSPS) is 14.4. The van der Waals surface area contributed by atoms with Crippen molar-refractivity contribution in [2.75, 3.05) is 10.8 Å². The largest absolute Gasteiger partial charge is 0.352 e. The van der Waals surface area contributed by atoms with Crippen LogP contribution in [-0.2, 0) is 26.2 Å². The molecular formula is C30H31Cl4N3O4S. The first-order valence-electron chi connectivity index (χ1n) is 13.4. The van der Waals surface area contributed by atoms with Crippen molar-refractivity contribution >= 4 is 73.9 Å². The molecule has 1 fully saturated rings. The summed E-state index contributed by atoms with van der Waals surface area (Å²) in [5.74, 6) is -0.953. The number of sulfonamides is 1. The van der Waals surface area contributed by atoms with Gasteiger partial charge in [0.1, 0.15) is 12.6 Å². The fourth-order valence-electron chi connectivity index (χ4n) is 4.84. The zero-order valence-corrected chi connectivity index (χ0v) is 27.0. The second kappa shape index (κ2) is 13.9. The van der Waals surface area contributed by atoms with E-state index in [9.17, 15) is 18.0 Å². The summed E-state index contributed by atoms with van der Waals surface area (Å²) in [5, 5.41) is 3.99. The Morgan fingerprint density at radius 3 is 2.19 bits per heavy atom. The number of nitrogens with zero attached hydrogens (tertiary/aromatic N) is 2. The summed E-state index contributed by atoms with van der Waals surface area (Å²) < 4.78 is 28.9. The van der Waals surface area contributed by atoms with E-state index in [0.29, 0.717) is 15.6 Å². The summed E-state index contributed by atoms with van der Waals surface area (Å²) in [6.07, 6.45) is 3.79. The van der Waals surface area contributed by atoms with Gasteiger partial charge in [0.25, 0.3) is 10.0 Å². The second-order valence-electron chi connectivity index (χ2n) is 10.4. The molecule has 7 nitrogen and oxygen atoms in total. The minimum atomic E-state index is -4.28. The molecule has 0 unspecified atom stereocenters. The summed E-state index contributed by atoms with van der Waals surface area (Å²) in [5.41, 5.74) is 1.52. The molecule has 0 bridgehead atoms. The third-order valence-corrected chi connectivity index (χ3v) is 10.3. The average Bonchev–Trinajstić information content (AvgIpc) is 3.46. The van der Waals surface area contributed by atoms with Crippen LogP contribution in [0.15, 0.2) is 65.6 Å². The van der Waals surface area contributed by atoms with E-state index >= 15 is 0 Å². The molecule has 1 saturated carbocycles. The Bertz CT molecular complexity index is 1560. The fraction of sp³-hybridized carbons (Fsp3) is 0.333. The molecule has 0 heterocycles. The van der Waals surface area contributed by atoms with Crippen LogP contribution < -0.4 is 9.62 Å². The zero-order chi connectivity index (χ0) is 30.6. The molecule has 0 spiro atoms. The van der Waals surface area contributed by atoms with Crippen molar-refractivity contribution in [3.63, 3.8) is 0 Å². The van der Waals surface area contributed by atoms with Crippen molar-refractivity contribution < 1.29 is 18.0 Å². The molecule has 3 aromatic carbocycles. The van der Waals surface area contributed by atoms with E-state index in [4.69, 9.17) is 46.4 Å². The fourth-order valence-corrected chi connectivity index (χ4v) is 7.02. The summed E-state index contributed by atoms with van der Waals surface area (Å²) in [7, 11) is -4.28. The van der Waals surface area contributed by atoms with Crippen molar-refractivity contribution in [3.8, 4) is 0 Å². The maximum absolute atomic E-state index is 14.1. The molecule has 1 aliphatic carbocycles. The third kappa shape index (κ3) is 7.71. The molecular weight excluding hydrogens is 640 g/mol. The van der Waals surface area contributed by atoms with Crippen LogP contribution in [0.5, 0.6) is 0 Å². The van der Waals surface area contributed by atoms with Crippen molar-refractivity contribution in [1.29, 1.82) is 0 Å². The van der Waals surface area contributed by atoms with Crippen LogP contribution in [0.4, 0.5) is 5.69 Å². The third-order valence-electron chi connectivity index (χ3n) is 7.27. The Hall–Kier alpha value is -2.49. The van der Waals surface area contributed by atoms with E-state index in [1.807, 2.05) is 6.92 Å². The first-order chi connectivity index (χ1) is 19.9. The van der Waals surface area contributed by atoms with Gasteiger partial charge in [-0.15, -0.1) is 0 Å². The number of carbonyl (C=O) groups excluding carboxylic acids is 2. The van der Waals surface area contributed by atoms with Crippen LogP contribution in [0.1, 0.15) is 43.7 Å². The minimum Gasteiger partial charge on any atom is -0.352 e. The number of aryl methyl sites for hydroxylation is 1. The molecule has 1 atom stereocenters. The molecule has 1 N–H and O–H groups in total. The number of carbonyl (C=O) groups is 2.